The van der Waals surface area contributed by atoms with Crippen molar-refractivity contribution in [3.63, 3.8) is 0 Å². The second kappa shape index (κ2) is 5.98. The fourth-order valence-corrected chi connectivity index (χ4v) is 2.01. The SMILES string of the molecule is Cc1cc(C(=O)Nc2ccc(C(N)=S)cc2Cl)ccn1. The minimum absolute atomic E-state index is 0.250. The van der Waals surface area contributed by atoms with E-state index in [9.17, 15) is 4.79 Å². The molecule has 0 aliphatic carbocycles. The van der Waals surface area contributed by atoms with Crippen LogP contribution in [0, 0.1) is 6.92 Å². The summed E-state index contributed by atoms with van der Waals surface area (Å²) in [6, 6.07) is 8.34. The van der Waals surface area contributed by atoms with E-state index in [1.807, 2.05) is 6.92 Å². The van der Waals surface area contributed by atoms with Crippen molar-refractivity contribution in [1.29, 1.82) is 0 Å². The van der Waals surface area contributed by atoms with Gasteiger partial charge in [-0.25, -0.2) is 0 Å². The molecule has 2 rings (SSSR count). The summed E-state index contributed by atoms with van der Waals surface area (Å²) in [5, 5.41) is 3.12. The molecule has 3 N–H and O–H groups in total. The number of anilines is 1. The summed E-state index contributed by atoms with van der Waals surface area (Å²) in [5.41, 5.74) is 7.97. The summed E-state index contributed by atoms with van der Waals surface area (Å²) < 4.78 is 0. The van der Waals surface area contributed by atoms with Crippen LogP contribution < -0.4 is 11.1 Å². The van der Waals surface area contributed by atoms with E-state index in [0.717, 1.165) is 5.69 Å². The topological polar surface area (TPSA) is 68.0 Å². The van der Waals surface area contributed by atoms with Crippen molar-refractivity contribution in [1.82, 2.24) is 4.98 Å². The zero-order chi connectivity index (χ0) is 14.7. The first-order valence-corrected chi connectivity index (χ1v) is 6.59. The van der Waals surface area contributed by atoms with Crippen LogP contribution in [0.25, 0.3) is 0 Å². The van der Waals surface area contributed by atoms with Gasteiger partial charge in [0.15, 0.2) is 0 Å². The van der Waals surface area contributed by atoms with Gasteiger partial charge in [-0.15, -0.1) is 0 Å². The Labute approximate surface area is 127 Å². The highest BCUT2D eigenvalue weighted by Crippen LogP contribution is 2.23. The fraction of sp³-hybridized carbons (Fsp3) is 0.0714. The molecule has 0 aliphatic heterocycles. The molecule has 2 aromatic rings. The highest BCUT2D eigenvalue weighted by atomic mass is 35.5. The van der Waals surface area contributed by atoms with Crippen molar-refractivity contribution in [3.05, 3.63) is 58.4 Å². The average molecular weight is 306 g/mol. The van der Waals surface area contributed by atoms with Gasteiger partial charge in [-0.1, -0.05) is 23.8 Å². The zero-order valence-electron chi connectivity index (χ0n) is 10.7. The summed E-state index contributed by atoms with van der Waals surface area (Å²) in [6.07, 6.45) is 1.59. The summed E-state index contributed by atoms with van der Waals surface area (Å²) in [6.45, 7) is 1.82. The van der Waals surface area contributed by atoms with Crippen LogP contribution in [0.3, 0.4) is 0 Å². The number of nitrogens with zero attached hydrogens (tertiary/aromatic N) is 1. The van der Waals surface area contributed by atoms with E-state index < -0.39 is 0 Å². The second-order valence-corrected chi connectivity index (χ2v) is 5.05. The van der Waals surface area contributed by atoms with E-state index in [0.29, 0.717) is 21.8 Å². The largest absolute Gasteiger partial charge is 0.389 e. The van der Waals surface area contributed by atoms with Gasteiger partial charge in [0, 0.05) is 23.0 Å². The number of carbonyl (C=O) groups is 1. The van der Waals surface area contributed by atoms with Gasteiger partial charge < -0.3 is 11.1 Å². The maximum absolute atomic E-state index is 12.1. The summed E-state index contributed by atoms with van der Waals surface area (Å²) in [4.78, 5) is 16.4. The Morgan fingerprint density at radius 3 is 2.65 bits per heavy atom. The van der Waals surface area contributed by atoms with E-state index in [2.05, 4.69) is 10.3 Å². The zero-order valence-corrected chi connectivity index (χ0v) is 12.3. The summed E-state index contributed by atoms with van der Waals surface area (Å²) in [7, 11) is 0. The molecule has 0 saturated heterocycles. The molecule has 1 heterocycles. The van der Waals surface area contributed by atoms with E-state index in [-0.39, 0.29) is 10.9 Å². The van der Waals surface area contributed by atoms with Gasteiger partial charge in [0.25, 0.3) is 5.91 Å². The summed E-state index contributed by atoms with van der Waals surface area (Å²) >= 11 is 11.0. The molecule has 102 valence electrons. The minimum atomic E-state index is -0.250. The molecule has 1 amide bonds. The Kier molecular flexibility index (Phi) is 4.32. The maximum atomic E-state index is 12.1. The minimum Gasteiger partial charge on any atom is -0.389 e. The predicted molar refractivity (Wildman–Crippen MR) is 84.3 cm³/mol. The Hall–Kier alpha value is -1.98. The molecule has 0 saturated carbocycles. The Bertz CT molecular complexity index is 688. The molecule has 0 unspecified atom stereocenters. The maximum Gasteiger partial charge on any atom is 0.255 e. The van der Waals surface area contributed by atoms with Crippen LogP contribution in [0.2, 0.25) is 5.02 Å². The molecular formula is C14H12ClN3OS. The van der Waals surface area contributed by atoms with Crippen molar-refractivity contribution in [2.75, 3.05) is 5.32 Å². The Morgan fingerprint density at radius 2 is 2.05 bits per heavy atom. The number of benzene rings is 1. The highest BCUT2D eigenvalue weighted by molar-refractivity contribution is 7.80. The van der Waals surface area contributed by atoms with Crippen LogP contribution in [0.15, 0.2) is 36.5 Å². The normalized spacial score (nSPS) is 10.1. The molecule has 1 aromatic carbocycles. The average Bonchev–Trinajstić information content (AvgIpc) is 2.40. The molecule has 0 radical (unpaired) electrons. The van der Waals surface area contributed by atoms with Crippen molar-refractivity contribution in [2.45, 2.75) is 6.92 Å². The number of carbonyl (C=O) groups excluding carboxylic acids is 1. The number of nitrogens with one attached hydrogen (secondary N) is 1. The van der Waals surface area contributed by atoms with Gasteiger partial charge in [0.2, 0.25) is 0 Å². The molecule has 20 heavy (non-hydrogen) atoms. The van der Waals surface area contributed by atoms with Gasteiger partial charge >= 0.3 is 0 Å². The number of nitrogens with two attached hydrogens (primary N) is 1. The standard InChI is InChI=1S/C14H12ClN3OS/c1-8-6-10(4-5-17-8)14(19)18-12-3-2-9(13(16)20)7-11(12)15/h2-7H,1H3,(H2,16,20)(H,18,19). The smallest absolute Gasteiger partial charge is 0.255 e. The van der Waals surface area contributed by atoms with Crippen molar-refractivity contribution >= 4 is 40.4 Å². The van der Waals surface area contributed by atoms with Crippen molar-refractivity contribution in [3.8, 4) is 0 Å². The third-order valence-corrected chi connectivity index (χ3v) is 3.21. The molecule has 0 aliphatic rings. The third kappa shape index (κ3) is 3.31. The lowest BCUT2D eigenvalue weighted by Gasteiger charge is -2.09. The van der Waals surface area contributed by atoms with E-state index in [1.54, 1.807) is 36.5 Å². The number of hydrogen-bond acceptors (Lipinski definition) is 3. The lowest BCUT2D eigenvalue weighted by molar-refractivity contribution is 0.102. The number of rotatable bonds is 3. The van der Waals surface area contributed by atoms with Crippen molar-refractivity contribution < 1.29 is 4.79 Å². The van der Waals surface area contributed by atoms with Crippen molar-refractivity contribution in [2.24, 2.45) is 5.73 Å². The third-order valence-electron chi connectivity index (χ3n) is 2.66. The van der Waals surface area contributed by atoms with Gasteiger partial charge in [0.05, 0.1) is 10.7 Å². The molecule has 6 heteroatoms. The fourth-order valence-electron chi connectivity index (χ4n) is 1.65. The molecule has 0 atom stereocenters. The molecule has 4 nitrogen and oxygen atoms in total. The Morgan fingerprint density at radius 1 is 1.30 bits per heavy atom. The molecule has 1 aromatic heterocycles. The van der Waals surface area contributed by atoms with Gasteiger partial charge in [-0.05, 0) is 37.3 Å². The number of halogens is 1. The second-order valence-electron chi connectivity index (χ2n) is 4.20. The van der Waals surface area contributed by atoms with Crippen LogP contribution in [0.5, 0.6) is 0 Å². The number of thiocarbonyl (C=S) groups is 1. The highest BCUT2D eigenvalue weighted by Gasteiger charge is 2.10. The van der Waals surface area contributed by atoms with Gasteiger partial charge in [0.1, 0.15) is 4.99 Å². The molecule has 0 spiro atoms. The Balaban J connectivity index is 2.22. The molecule has 0 bridgehead atoms. The number of aryl methyl sites for hydroxylation is 1. The number of amides is 1. The first kappa shape index (κ1) is 14.4. The monoisotopic (exact) mass is 305 g/mol. The van der Waals surface area contributed by atoms with E-state index in [1.165, 1.54) is 0 Å². The van der Waals surface area contributed by atoms with Crippen LogP contribution in [-0.4, -0.2) is 15.9 Å². The lowest BCUT2D eigenvalue weighted by atomic mass is 10.2. The van der Waals surface area contributed by atoms with Crippen LogP contribution >= 0.6 is 23.8 Å². The predicted octanol–water partition coefficient (Wildman–Crippen LogP) is 2.93. The molecular weight excluding hydrogens is 294 g/mol. The van der Waals surface area contributed by atoms with Gasteiger partial charge in [-0.3, -0.25) is 9.78 Å². The first-order valence-electron chi connectivity index (χ1n) is 5.81. The van der Waals surface area contributed by atoms with E-state index in [4.69, 9.17) is 29.6 Å². The van der Waals surface area contributed by atoms with Gasteiger partial charge in [-0.2, -0.15) is 0 Å². The molecule has 0 fully saturated rings. The first-order chi connectivity index (χ1) is 9.47. The number of pyridine rings is 1. The quantitative estimate of drug-likeness (QED) is 0.856. The number of aromatic nitrogens is 1. The van der Waals surface area contributed by atoms with Crippen LogP contribution in [0.1, 0.15) is 21.6 Å². The van der Waals surface area contributed by atoms with E-state index >= 15 is 0 Å². The number of hydrogen-bond donors (Lipinski definition) is 2. The summed E-state index contributed by atoms with van der Waals surface area (Å²) in [5.74, 6) is -0.250. The van der Waals surface area contributed by atoms with Crippen LogP contribution in [-0.2, 0) is 0 Å². The van der Waals surface area contributed by atoms with Crippen LogP contribution in [0.4, 0.5) is 5.69 Å². The lowest BCUT2D eigenvalue weighted by Crippen LogP contribution is -2.13.